The van der Waals surface area contributed by atoms with Crippen molar-refractivity contribution in [1.29, 1.82) is 5.26 Å². The summed E-state index contributed by atoms with van der Waals surface area (Å²) >= 11 is 0. The van der Waals surface area contributed by atoms with Crippen molar-refractivity contribution in [2.45, 2.75) is 25.4 Å². The first-order valence-electron chi connectivity index (χ1n) is 5.19. The molecular weight excluding hydrogens is 231 g/mol. The maximum absolute atomic E-state index is 12.3. The van der Waals surface area contributed by atoms with E-state index in [1.54, 1.807) is 0 Å². The first-order valence-corrected chi connectivity index (χ1v) is 5.19. The van der Waals surface area contributed by atoms with Crippen LogP contribution in [0.25, 0.3) is 0 Å². The zero-order valence-corrected chi connectivity index (χ0v) is 9.09. The van der Waals surface area contributed by atoms with E-state index in [4.69, 9.17) is 5.26 Å². The lowest BCUT2D eigenvalue weighted by Crippen LogP contribution is -2.10. The molecule has 0 atom stereocenters. The standard InChI is InChI=1S/C11H12F3N3/c12-11(13,14)9-5-4-6-10(17-9)16-8-3-1-2-7-15/h4-6H,1-3,8H2,(H,16,17). The Kier molecular flexibility index (Phi) is 4.76. The van der Waals surface area contributed by atoms with Crippen LogP contribution in [0.2, 0.25) is 0 Å². The number of hydrogen-bond acceptors (Lipinski definition) is 3. The van der Waals surface area contributed by atoms with E-state index >= 15 is 0 Å². The SMILES string of the molecule is N#CCCCCNc1cccc(C(F)(F)F)n1. The highest BCUT2D eigenvalue weighted by atomic mass is 19.4. The summed E-state index contributed by atoms with van der Waals surface area (Å²) in [4.78, 5) is 3.46. The Hall–Kier alpha value is -1.77. The van der Waals surface area contributed by atoms with E-state index < -0.39 is 11.9 Å². The second-order valence-corrected chi connectivity index (χ2v) is 3.45. The summed E-state index contributed by atoms with van der Waals surface area (Å²) in [6.45, 7) is 0.510. The van der Waals surface area contributed by atoms with Crippen molar-refractivity contribution in [2.75, 3.05) is 11.9 Å². The first-order chi connectivity index (χ1) is 8.04. The molecule has 0 fully saturated rings. The minimum Gasteiger partial charge on any atom is -0.370 e. The Balaban J connectivity index is 2.47. The van der Waals surface area contributed by atoms with Crippen LogP contribution < -0.4 is 5.32 Å². The van der Waals surface area contributed by atoms with E-state index in [1.807, 2.05) is 6.07 Å². The second kappa shape index (κ2) is 6.09. The van der Waals surface area contributed by atoms with E-state index in [9.17, 15) is 13.2 Å². The molecular formula is C11H12F3N3. The number of rotatable bonds is 5. The van der Waals surface area contributed by atoms with Gasteiger partial charge in [0.15, 0.2) is 0 Å². The maximum Gasteiger partial charge on any atom is 0.433 e. The lowest BCUT2D eigenvalue weighted by Gasteiger charge is -2.09. The fraction of sp³-hybridized carbons (Fsp3) is 0.455. The number of unbranched alkanes of at least 4 members (excludes halogenated alkanes) is 2. The van der Waals surface area contributed by atoms with Crippen molar-refractivity contribution in [3.63, 3.8) is 0 Å². The lowest BCUT2D eigenvalue weighted by atomic mass is 10.2. The van der Waals surface area contributed by atoms with Gasteiger partial charge in [-0.15, -0.1) is 0 Å². The van der Waals surface area contributed by atoms with Gasteiger partial charge in [0, 0.05) is 13.0 Å². The smallest absolute Gasteiger partial charge is 0.370 e. The summed E-state index contributed by atoms with van der Waals surface area (Å²) in [5, 5.41) is 11.1. The van der Waals surface area contributed by atoms with Gasteiger partial charge in [-0.25, -0.2) is 4.98 Å². The van der Waals surface area contributed by atoms with E-state index in [0.29, 0.717) is 13.0 Å². The van der Waals surface area contributed by atoms with Gasteiger partial charge >= 0.3 is 6.18 Å². The largest absolute Gasteiger partial charge is 0.433 e. The molecule has 1 aromatic heterocycles. The molecule has 0 aliphatic carbocycles. The highest BCUT2D eigenvalue weighted by Crippen LogP contribution is 2.28. The minimum atomic E-state index is -4.42. The van der Waals surface area contributed by atoms with Crippen molar-refractivity contribution < 1.29 is 13.2 Å². The number of anilines is 1. The molecule has 0 aliphatic heterocycles. The Morgan fingerprint density at radius 3 is 2.71 bits per heavy atom. The van der Waals surface area contributed by atoms with Gasteiger partial charge in [-0.2, -0.15) is 18.4 Å². The molecule has 1 aromatic rings. The second-order valence-electron chi connectivity index (χ2n) is 3.45. The molecule has 0 amide bonds. The van der Waals surface area contributed by atoms with Gasteiger partial charge in [0.2, 0.25) is 0 Å². The molecule has 92 valence electrons. The average molecular weight is 243 g/mol. The summed E-state index contributed by atoms with van der Waals surface area (Å²) in [6.07, 6.45) is -2.51. The zero-order chi connectivity index (χ0) is 12.7. The molecule has 0 aromatic carbocycles. The third kappa shape index (κ3) is 4.72. The van der Waals surface area contributed by atoms with Crippen LogP contribution in [0.4, 0.5) is 19.0 Å². The summed E-state index contributed by atoms with van der Waals surface area (Å²) in [5.74, 6) is 0.205. The number of nitrogens with zero attached hydrogens (tertiary/aromatic N) is 2. The summed E-state index contributed by atoms with van der Waals surface area (Å²) in [7, 11) is 0. The third-order valence-electron chi connectivity index (χ3n) is 2.06. The molecule has 0 saturated carbocycles. The predicted octanol–water partition coefficient (Wildman–Crippen LogP) is 3.21. The van der Waals surface area contributed by atoms with E-state index in [2.05, 4.69) is 10.3 Å². The summed E-state index contributed by atoms with van der Waals surface area (Å²) in [6, 6.07) is 5.73. The topological polar surface area (TPSA) is 48.7 Å². The van der Waals surface area contributed by atoms with Crippen LogP contribution in [-0.4, -0.2) is 11.5 Å². The van der Waals surface area contributed by atoms with Crippen LogP contribution in [0.3, 0.4) is 0 Å². The molecule has 0 radical (unpaired) electrons. The molecule has 0 aliphatic rings. The number of halogens is 3. The molecule has 6 heteroatoms. The van der Waals surface area contributed by atoms with Crippen LogP contribution in [-0.2, 0) is 6.18 Å². The van der Waals surface area contributed by atoms with Gasteiger partial charge in [-0.1, -0.05) is 6.07 Å². The third-order valence-corrected chi connectivity index (χ3v) is 2.06. The van der Waals surface area contributed by atoms with E-state index in [1.165, 1.54) is 12.1 Å². The average Bonchev–Trinajstić information content (AvgIpc) is 2.28. The van der Waals surface area contributed by atoms with Gasteiger partial charge < -0.3 is 5.32 Å². The Morgan fingerprint density at radius 1 is 1.29 bits per heavy atom. The van der Waals surface area contributed by atoms with Gasteiger partial charge in [-0.05, 0) is 25.0 Å². The fourth-order valence-corrected chi connectivity index (χ4v) is 1.24. The summed E-state index contributed by atoms with van der Waals surface area (Å²) in [5.41, 5.74) is -0.903. The first kappa shape index (κ1) is 13.3. The van der Waals surface area contributed by atoms with Crippen molar-refractivity contribution in [3.8, 4) is 6.07 Å². The lowest BCUT2D eigenvalue weighted by molar-refractivity contribution is -0.141. The number of aromatic nitrogens is 1. The predicted molar refractivity (Wildman–Crippen MR) is 57.2 cm³/mol. The van der Waals surface area contributed by atoms with E-state index in [-0.39, 0.29) is 5.82 Å². The molecule has 3 nitrogen and oxygen atoms in total. The molecule has 0 bridgehead atoms. The molecule has 0 unspecified atom stereocenters. The summed E-state index contributed by atoms with van der Waals surface area (Å²) < 4.78 is 37.0. The van der Waals surface area contributed by atoms with E-state index in [0.717, 1.165) is 18.9 Å². The van der Waals surface area contributed by atoms with Gasteiger partial charge in [0.1, 0.15) is 11.5 Å². The minimum absolute atomic E-state index is 0.205. The molecule has 1 heterocycles. The number of nitriles is 1. The quantitative estimate of drug-likeness (QED) is 0.808. The van der Waals surface area contributed by atoms with Gasteiger partial charge in [-0.3, -0.25) is 0 Å². The van der Waals surface area contributed by atoms with Crippen LogP contribution in [0.1, 0.15) is 25.0 Å². The van der Waals surface area contributed by atoms with Crippen LogP contribution in [0, 0.1) is 11.3 Å². The van der Waals surface area contributed by atoms with Crippen LogP contribution in [0.15, 0.2) is 18.2 Å². The van der Waals surface area contributed by atoms with Gasteiger partial charge in [0.25, 0.3) is 0 Å². The van der Waals surface area contributed by atoms with Crippen molar-refractivity contribution in [2.24, 2.45) is 0 Å². The number of nitrogens with one attached hydrogen (secondary N) is 1. The molecule has 17 heavy (non-hydrogen) atoms. The van der Waals surface area contributed by atoms with Crippen molar-refractivity contribution >= 4 is 5.82 Å². The highest BCUT2D eigenvalue weighted by Gasteiger charge is 2.32. The van der Waals surface area contributed by atoms with Crippen molar-refractivity contribution in [1.82, 2.24) is 4.98 Å². The fourth-order valence-electron chi connectivity index (χ4n) is 1.24. The zero-order valence-electron chi connectivity index (χ0n) is 9.09. The monoisotopic (exact) mass is 243 g/mol. The Labute approximate surface area is 97.3 Å². The van der Waals surface area contributed by atoms with Gasteiger partial charge in [0.05, 0.1) is 6.07 Å². The number of alkyl halides is 3. The molecule has 0 spiro atoms. The molecule has 0 saturated heterocycles. The van der Waals surface area contributed by atoms with Crippen LogP contribution in [0.5, 0.6) is 0 Å². The van der Waals surface area contributed by atoms with Crippen molar-refractivity contribution in [3.05, 3.63) is 23.9 Å². The number of pyridine rings is 1. The highest BCUT2D eigenvalue weighted by molar-refractivity contribution is 5.35. The maximum atomic E-state index is 12.3. The Bertz CT molecular complexity index is 396. The van der Waals surface area contributed by atoms with Crippen LogP contribution >= 0.6 is 0 Å². The molecule has 1 rings (SSSR count). The molecule has 1 N–H and O–H groups in total. The normalized spacial score (nSPS) is 10.9. The Morgan fingerprint density at radius 2 is 2.06 bits per heavy atom. The number of hydrogen-bond donors (Lipinski definition) is 1.